The third-order valence-electron chi connectivity index (χ3n) is 8.48. The van der Waals surface area contributed by atoms with Crippen LogP contribution in [0.25, 0.3) is 21.5 Å². The van der Waals surface area contributed by atoms with Crippen LogP contribution in [0.4, 0.5) is 0 Å². The Balaban J connectivity index is 0.00000194. The van der Waals surface area contributed by atoms with Crippen LogP contribution >= 0.6 is 0 Å². The summed E-state index contributed by atoms with van der Waals surface area (Å²) in [4.78, 5) is 0. The van der Waals surface area contributed by atoms with Gasteiger partial charge in [-0.15, -0.1) is 44.8 Å². The number of fused-ring (bicyclic) bond motifs is 3. The molecule has 6 aromatic carbocycles. The van der Waals surface area contributed by atoms with Gasteiger partial charge in [-0.3, -0.25) is 0 Å². The molecule has 0 aliphatic heterocycles. The van der Waals surface area contributed by atoms with Crippen molar-refractivity contribution in [2.24, 2.45) is 0 Å². The Hall–Kier alpha value is -2.71. The van der Waals surface area contributed by atoms with E-state index in [0.717, 1.165) is 0 Å². The summed E-state index contributed by atoms with van der Waals surface area (Å²) in [5.74, 6) is 0. The fraction of sp³-hybridized carbons (Fsp3) is 0.231. The van der Waals surface area contributed by atoms with Crippen molar-refractivity contribution in [1.29, 1.82) is 0 Å². The maximum atomic E-state index is 2.48. The quantitative estimate of drug-likeness (QED) is 0.239. The van der Waals surface area contributed by atoms with Crippen LogP contribution in [0.15, 0.2) is 121 Å². The second-order valence-electron chi connectivity index (χ2n) is 13.1. The van der Waals surface area contributed by atoms with Gasteiger partial charge < -0.3 is 0 Å². The molecule has 0 nitrogen and oxygen atoms in total. The average Bonchev–Trinajstić information content (AvgIpc) is 3.57. The number of benzene rings is 4. The fourth-order valence-electron chi connectivity index (χ4n) is 6.39. The molecule has 0 aliphatic carbocycles. The topological polar surface area (TPSA) is 0 Å². The molecule has 0 unspecified atom stereocenters. The van der Waals surface area contributed by atoms with Gasteiger partial charge in [-0.25, -0.2) is 12.1 Å². The van der Waals surface area contributed by atoms with Crippen molar-refractivity contribution in [2.75, 3.05) is 0 Å². The Kier molecular flexibility index (Phi) is 8.78. The van der Waals surface area contributed by atoms with Gasteiger partial charge in [-0.05, 0) is 27.4 Å². The smallest absolute Gasteiger partial charge is 0.213 e. The van der Waals surface area contributed by atoms with E-state index >= 15 is 0 Å². The zero-order valence-electron chi connectivity index (χ0n) is 26.0. The van der Waals surface area contributed by atoms with Crippen molar-refractivity contribution in [2.45, 2.75) is 57.8 Å². The second kappa shape index (κ2) is 11.5. The summed E-state index contributed by atoms with van der Waals surface area (Å²) < 4.78 is 0. The summed E-state index contributed by atoms with van der Waals surface area (Å²) in [5, 5.41) is 5.35. The van der Waals surface area contributed by atoms with Crippen LogP contribution in [-0.4, -0.2) is 0 Å². The first-order chi connectivity index (χ1) is 18.6. The van der Waals surface area contributed by atoms with Crippen LogP contribution < -0.4 is 37.7 Å². The number of hydrogen-bond acceptors (Lipinski definition) is 0. The van der Waals surface area contributed by atoms with Crippen LogP contribution in [0, 0.1) is 0 Å². The molecule has 0 radical (unpaired) electrons. The minimum absolute atomic E-state index is 0. The van der Waals surface area contributed by atoms with Gasteiger partial charge in [0.15, 0.2) is 0 Å². The molecule has 0 amide bonds. The Morgan fingerprint density at radius 2 is 0.829 bits per heavy atom. The Bertz CT molecular complexity index is 1630. The molecule has 0 aliphatic rings. The molecule has 0 bridgehead atoms. The molecule has 41 heavy (non-hydrogen) atoms. The van der Waals surface area contributed by atoms with E-state index in [1.165, 1.54) is 54.9 Å². The maximum Gasteiger partial charge on any atom is 1.00 e. The van der Waals surface area contributed by atoms with E-state index in [-0.39, 0.29) is 48.6 Å². The van der Waals surface area contributed by atoms with Crippen molar-refractivity contribution in [3.05, 3.63) is 155 Å². The first kappa shape index (κ1) is 31.2. The van der Waals surface area contributed by atoms with Gasteiger partial charge in [0.05, 0.1) is 0 Å². The molecule has 0 saturated carbocycles. The van der Waals surface area contributed by atoms with Crippen molar-refractivity contribution >= 4 is 21.5 Å². The maximum absolute atomic E-state index is 2.48. The van der Waals surface area contributed by atoms with Gasteiger partial charge in [-0.1, -0.05) is 138 Å². The first-order valence-corrected chi connectivity index (χ1v) is 14.1. The third-order valence-corrected chi connectivity index (χ3v) is 8.48. The van der Waals surface area contributed by atoms with Crippen LogP contribution in [0.5, 0.6) is 0 Å². The van der Waals surface area contributed by atoms with E-state index in [4.69, 9.17) is 0 Å². The standard InChI is InChI=1S/C39H38.2Li/c1-37(2,3)30-21-23-32-33-24-22-31(38(4,5)6)26-35(33)36(34(32)25-30)39(29-19-13-14-20-29,27-15-9-7-10-16-27)28-17-11-8-12-18-28;;/h7-26H,1-6H3;;/q-2;2*+1. The summed E-state index contributed by atoms with van der Waals surface area (Å²) in [6.45, 7) is 13.9. The van der Waals surface area contributed by atoms with Crippen LogP contribution in [0.1, 0.15) is 74.9 Å². The first-order valence-electron chi connectivity index (χ1n) is 14.1. The third kappa shape index (κ3) is 5.23. The van der Waals surface area contributed by atoms with Crippen molar-refractivity contribution in [1.82, 2.24) is 0 Å². The largest absolute Gasteiger partial charge is 1.00 e. The molecule has 0 heterocycles. The van der Waals surface area contributed by atoms with Crippen molar-refractivity contribution < 1.29 is 37.7 Å². The monoisotopic (exact) mass is 520 g/mol. The molecule has 0 N–H and O–H groups in total. The zero-order valence-corrected chi connectivity index (χ0v) is 26.0. The van der Waals surface area contributed by atoms with E-state index in [2.05, 4.69) is 163 Å². The predicted octanol–water partition coefficient (Wildman–Crippen LogP) is 4.42. The van der Waals surface area contributed by atoms with Gasteiger partial charge >= 0.3 is 37.7 Å². The zero-order chi connectivity index (χ0) is 27.4. The average molecular weight is 521 g/mol. The van der Waals surface area contributed by atoms with E-state index < -0.39 is 5.41 Å². The van der Waals surface area contributed by atoms with Crippen LogP contribution in [-0.2, 0) is 16.2 Å². The van der Waals surface area contributed by atoms with E-state index in [1.54, 1.807) is 0 Å². The molecule has 0 aromatic heterocycles. The van der Waals surface area contributed by atoms with Crippen LogP contribution in [0.3, 0.4) is 0 Å². The van der Waals surface area contributed by atoms with Crippen molar-refractivity contribution in [3.63, 3.8) is 0 Å². The fourth-order valence-corrected chi connectivity index (χ4v) is 6.39. The SMILES string of the molecule is CC(C)(C)c1ccc2c3ccc(C(C)(C)C)cc3[c-](C(c3ccccc3)(c3ccccc3)[c-]3cccc3)c2c1.[Li+].[Li+]. The molecule has 6 rings (SSSR count). The molecule has 0 atom stereocenters. The molecule has 2 heteroatoms. The minimum atomic E-state index is -0.473. The van der Waals surface area contributed by atoms with Crippen LogP contribution in [0.2, 0.25) is 0 Å². The summed E-state index contributed by atoms with van der Waals surface area (Å²) >= 11 is 0. The molecule has 196 valence electrons. The van der Waals surface area contributed by atoms with Crippen molar-refractivity contribution in [3.8, 4) is 0 Å². The molecule has 6 aromatic rings. The van der Waals surface area contributed by atoms with E-state index in [1.807, 2.05) is 0 Å². The summed E-state index contributed by atoms with van der Waals surface area (Å²) in [5.41, 5.74) is 7.61. The normalized spacial score (nSPS) is 12.2. The van der Waals surface area contributed by atoms with Gasteiger partial charge in [0, 0.05) is 0 Å². The van der Waals surface area contributed by atoms with E-state index in [0.29, 0.717) is 0 Å². The Morgan fingerprint density at radius 3 is 1.20 bits per heavy atom. The number of rotatable bonds is 4. The summed E-state index contributed by atoms with van der Waals surface area (Å²) in [6, 6.07) is 45.6. The van der Waals surface area contributed by atoms with Gasteiger partial charge in [0.1, 0.15) is 0 Å². The number of hydrogen-bond donors (Lipinski definition) is 0. The molecule has 0 fully saturated rings. The molecule has 0 saturated heterocycles. The molecular weight excluding hydrogens is 482 g/mol. The molecular formula is C39H38Li2. The van der Waals surface area contributed by atoms with E-state index in [9.17, 15) is 0 Å². The van der Waals surface area contributed by atoms with Gasteiger partial charge in [-0.2, -0.15) is 12.1 Å². The van der Waals surface area contributed by atoms with Gasteiger partial charge in [0.25, 0.3) is 0 Å². The second-order valence-corrected chi connectivity index (χ2v) is 13.1. The van der Waals surface area contributed by atoms with Gasteiger partial charge in [0.2, 0.25) is 0 Å². The molecule has 0 spiro atoms. The summed E-state index contributed by atoms with van der Waals surface area (Å²) in [7, 11) is 0. The minimum Gasteiger partial charge on any atom is -0.213 e. The summed E-state index contributed by atoms with van der Waals surface area (Å²) in [6.07, 6.45) is 0. The Labute approximate surface area is 270 Å². The predicted molar refractivity (Wildman–Crippen MR) is 168 cm³/mol. The Morgan fingerprint density at radius 1 is 0.439 bits per heavy atom.